The van der Waals surface area contributed by atoms with Gasteiger partial charge in [0.15, 0.2) is 0 Å². The third kappa shape index (κ3) is 4.07. The lowest BCUT2D eigenvalue weighted by atomic mass is 10.1. The Morgan fingerprint density at radius 3 is 2.64 bits per heavy atom. The molecule has 1 N–H and O–H groups in total. The monoisotopic (exact) mass is 304 g/mol. The molecule has 1 fully saturated rings. The molecule has 0 bridgehead atoms. The van der Waals surface area contributed by atoms with Gasteiger partial charge in [0.25, 0.3) is 11.8 Å². The fraction of sp³-hybridized carbons (Fsp3) is 0.529. The number of carbonyl (C=O) groups is 2. The van der Waals surface area contributed by atoms with Gasteiger partial charge in [-0.15, -0.1) is 0 Å². The molecule has 120 valence electrons. The maximum atomic E-state index is 12.3. The summed E-state index contributed by atoms with van der Waals surface area (Å²) < 4.78 is 5.49. The van der Waals surface area contributed by atoms with Gasteiger partial charge in [0.2, 0.25) is 0 Å². The summed E-state index contributed by atoms with van der Waals surface area (Å²) in [5, 5.41) is 2.88. The molecule has 1 aromatic carbocycles. The molecule has 1 aromatic rings. The Hall–Kier alpha value is -1.88. The van der Waals surface area contributed by atoms with Gasteiger partial charge < -0.3 is 15.0 Å². The van der Waals surface area contributed by atoms with E-state index in [0.29, 0.717) is 30.8 Å². The number of nitrogens with zero attached hydrogens (tertiary/aromatic N) is 1. The first kappa shape index (κ1) is 16.5. The van der Waals surface area contributed by atoms with Crippen LogP contribution in [0.4, 0.5) is 0 Å². The van der Waals surface area contributed by atoms with E-state index in [9.17, 15) is 9.59 Å². The molecule has 2 amide bonds. The van der Waals surface area contributed by atoms with Gasteiger partial charge in [0, 0.05) is 37.4 Å². The lowest BCUT2D eigenvalue weighted by Crippen LogP contribution is -2.32. The van der Waals surface area contributed by atoms with E-state index >= 15 is 0 Å². The zero-order valence-corrected chi connectivity index (χ0v) is 13.3. The van der Waals surface area contributed by atoms with Gasteiger partial charge in [-0.25, -0.2) is 0 Å². The molecule has 0 radical (unpaired) electrons. The SMILES string of the molecule is CCN(CC)C(=O)c1cccc(C(=O)NCC2CCCO2)c1. The van der Waals surface area contributed by atoms with Crippen LogP contribution in [0, 0.1) is 0 Å². The van der Waals surface area contributed by atoms with E-state index in [0.717, 1.165) is 19.4 Å². The first-order chi connectivity index (χ1) is 10.7. The van der Waals surface area contributed by atoms with Crippen molar-refractivity contribution in [2.45, 2.75) is 32.8 Å². The summed E-state index contributed by atoms with van der Waals surface area (Å²) in [5.74, 6) is -0.205. The quantitative estimate of drug-likeness (QED) is 0.875. The second-order valence-electron chi connectivity index (χ2n) is 5.40. The maximum absolute atomic E-state index is 12.3. The van der Waals surface area contributed by atoms with Gasteiger partial charge in [-0.3, -0.25) is 9.59 Å². The highest BCUT2D eigenvalue weighted by Gasteiger charge is 2.18. The van der Waals surface area contributed by atoms with Crippen molar-refractivity contribution >= 4 is 11.8 Å². The zero-order chi connectivity index (χ0) is 15.9. The molecule has 0 aromatic heterocycles. The van der Waals surface area contributed by atoms with Crippen LogP contribution in [-0.4, -0.2) is 49.1 Å². The molecule has 2 rings (SSSR count). The Balaban J connectivity index is 2.00. The van der Waals surface area contributed by atoms with Crippen LogP contribution in [0.25, 0.3) is 0 Å². The fourth-order valence-electron chi connectivity index (χ4n) is 2.60. The molecule has 1 aliphatic rings. The minimum atomic E-state index is -0.162. The van der Waals surface area contributed by atoms with Gasteiger partial charge in [-0.2, -0.15) is 0 Å². The van der Waals surface area contributed by atoms with Crippen molar-refractivity contribution in [1.29, 1.82) is 0 Å². The smallest absolute Gasteiger partial charge is 0.253 e. The van der Waals surface area contributed by atoms with E-state index in [1.54, 1.807) is 29.2 Å². The number of rotatable bonds is 6. The van der Waals surface area contributed by atoms with Crippen LogP contribution >= 0.6 is 0 Å². The highest BCUT2D eigenvalue weighted by atomic mass is 16.5. The molecule has 5 heteroatoms. The van der Waals surface area contributed by atoms with Gasteiger partial charge in [-0.05, 0) is 44.9 Å². The number of ether oxygens (including phenoxy) is 1. The minimum absolute atomic E-state index is 0.0428. The van der Waals surface area contributed by atoms with E-state index in [2.05, 4.69) is 5.32 Å². The van der Waals surface area contributed by atoms with E-state index in [1.807, 2.05) is 13.8 Å². The number of amides is 2. The van der Waals surface area contributed by atoms with Crippen LogP contribution in [0.5, 0.6) is 0 Å². The minimum Gasteiger partial charge on any atom is -0.376 e. The summed E-state index contributed by atoms with van der Waals surface area (Å²) in [6.07, 6.45) is 2.15. The Bertz CT molecular complexity index is 520. The van der Waals surface area contributed by atoms with E-state index in [4.69, 9.17) is 4.74 Å². The van der Waals surface area contributed by atoms with Crippen molar-refractivity contribution in [2.24, 2.45) is 0 Å². The molecule has 1 heterocycles. The normalized spacial score (nSPS) is 17.3. The standard InChI is InChI=1S/C17H24N2O3/c1-3-19(4-2)17(21)14-8-5-7-13(11-14)16(20)18-12-15-9-6-10-22-15/h5,7-8,11,15H,3-4,6,9-10,12H2,1-2H3,(H,18,20). The second kappa shape index (κ2) is 7.94. The van der Waals surface area contributed by atoms with Crippen LogP contribution < -0.4 is 5.32 Å². The number of hydrogen-bond donors (Lipinski definition) is 1. The van der Waals surface area contributed by atoms with Crippen LogP contribution in [0.2, 0.25) is 0 Å². The predicted octanol–water partition coefficient (Wildman–Crippen LogP) is 2.08. The fourth-order valence-corrected chi connectivity index (χ4v) is 2.60. The van der Waals surface area contributed by atoms with Gasteiger partial charge >= 0.3 is 0 Å². The number of hydrogen-bond acceptors (Lipinski definition) is 3. The van der Waals surface area contributed by atoms with Crippen molar-refractivity contribution in [3.05, 3.63) is 35.4 Å². The van der Waals surface area contributed by atoms with E-state index < -0.39 is 0 Å². The molecule has 22 heavy (non-hydrogen) atoms. The summed E-state index contributed by atoms with van der Waals surface area (Å²) in [5.41, 5.74) is 1.06. The van der Waals surface area contributed by atoms with Crippen molar-refractivity contribution < 1.29 is 14.3 Å². The Labute approximate surface area is 131 Å². The molecule has 5 nitrogen and oxygen atoms in total. The number of nitrogens with one attached hydrogen (secondary N) is 1. The molecule has 0 saturated carbocycles. The summed E-state index contributed by atoms with van der Waals surface area (Å²) in [6, 6.07) is 6.88. The van der Waals surface area contributed by atoms with Crippen molar-refractivity contribution in [1.82, 2.24) is 10.2 Å². The predicted molar refractivity (Wildman–Crippen MR) is 85.0 cm³/mol. The third-order valence-corrected chi connectivity index (χ3v) is 3.94. The zero-order valence-electron chi connectivity index (χ0n) is 13.3. The van der Waals surface area contributed by atoms with Crippen LogP contribution in [0.15, 0.2) is 24.3 Å². The molecular formula is C17H24N2O3. The molecule has 1 aliphatic heterocycles. The highest BCUT2D eigenvalue weighted by molar-refractivity contribution is 5.99. The first-order valence-corrected chi connectivity index (χ1v) is 7.94. The topological polar surface area (TPSA) is 58.6 Å². The Kier molecular flexibility index (Phi) is 5.95. The lowest BCUT2D eigenvalue weighted by molar-refractivity contribution is 0.0773. The van der Waals surface area contributed by atoms with Crippen LogP contribution in [-0.2, 0) is 4.74 Å². The first-order valence-electron chi connectivity index (χ1n) is 7.94. The number of carbonyl (C=O) groups excluding carboxylic acids is 2. The second-order valence-corrected chi connectivity index (χ2v) is 5.40. The largest absolute Gasteiger partial charge is 0.376 e. The highest BCUT2D eigenvalue weighted by Crippen LogP contribution is 2.12. The van der Waals surface area contributed by atoms with E-state index in [1.165, 1.54) is 0 Å². The molecule has 1 saturated heterocycles. The summed E-state index contributed by atoms with van der Waals surface area (Å²) in [7, 11) is 0. The molecule has 0 aliphatic carbocycles. The lowest BCUT2D eigenvalue weighted by Gasteiger charge is -2.19. The van der Waals surface area contributed by atoms with Crippen molar-refractivity contribution in [2.75, 3.05) is 26.2 Å². The van der Waals surface area contributed by atoms with Crippen molar-refractivity contribution in [3.8, 4) is 0 Å². The summed E-state index contributed by atoms with van der Waals surface area (Å²) in [6.45, 7) is 6.50. The van der Waals surface area contributed by atoms with Gasteiger partial charge in [0.05, 0.1) is 6.10 Å². The van der Waals surface area contributed by atoms with Gasteiger partial charge in [-0.1, -0.05) is 6.07 Å². The molecular weight excluding hydrogens is 280 g/mol. The van der Waals surface area contributed by atoms with E-state index in [-0.39, 0.29) is 17.9 Å². The summed E-state index contributed by atoms with van der Waals surface area (Å²) >= 11 is 0. The van der Waals surface area contributed by atoms with Crippen LogP contribution in [0.1, 0.15) is 47.4 Å². The van der Waals surface area contributed by atoms with Gasteiger partial charge in [0.1, 0.15) is 0 Å². The number of benzene rings is 1. The van der Waals surface area contributed by atoms with Crippen LogP contribution in [0.3, 0.4) is 0 Å². The summed E-state index contributed by atoms with van der Waals surface area (Å²) in [4.78, 5) is 26.3. The molecule has 1 unspecified atom stereocenters. The average molecular weight is 304 g/mol. The maximum Gasteiger partial charge on any atom is 0.253 e. The molecule has 1 atom stereocenters. The molecule has 0 spiro atoms. The third-order valence-electron chi connectivity index (χ3n) is 3.94. The van der Waals surface area contributed by atoms with Crippen molar-refractivity contribution in [3.63, 3.8) is 0 Å². The Morgan fingerprint density at radius 2 is 2.00 bits per heavy atom. The Morgan fingerprint density at radius 1 is 1.27 bits per heavy atom. The average Bonchev–Trinajstić information content (AvgIpc) is 3.07.